The molecule has 2 rings (SSSR count). The molecule has 12 heavy (non-hydrogen) atoms. The van der Waals surface area contributed by atoms with Crippen LogP contribution in [0.25, 0.3) is 11.0 Å². The number of fused-ring (bicyclic) bond motifs is 1. The second-order valence-corrected chi connectivity index (χ2v) is 4.22. The van der Waals surface area contributed by atoms with Crippen molar-refractivity contribution < 1.29 is 0 Å². The van der Waals surface area contributed by atoms with E-state index in [1.165, 1.54) is 6.33 Å². The lowest BCUT2D eigenvalue weighted by atomic mass is 10.4. The van der Waals surface area contributed by atoms with Crippen molar-refractivity contribution in [2.45, 2.75) is 0 Å². The molecular weight excluding hydrogens is 307 g/mol. The van der Waals surface area contributed by atoms with Gasteiger partial charge < -0.3 is 4.34 Å². The normalized spacial score (nSPS) is 10.9. The number of halogens is 2. The van der Waals surface area contributed by atoms with E-state index < -0.39 is 0 Å². The van der Waals surface area contributed by atoms with Crippen molar-refractivity contribution in [3.63, 3.8) is 0 Å². The molecule has 6 heteroatoms. The minimum atomic E-state index is 0.499. The van der Waals surface area contributed by atoms with Crippen molar-refractivity contribution in [1.29, 1.82) is 0 Å². The van der Waals surface area contributed by atoms with Gasteiger partial charge in [0.1, 0.15) is 17.1 Å². The first kappa shape index (κ1) is 8.66. The van der Waals surface area contributed by atoms with E-state index >= 15 is 0 Å². The van der Waals surface area contributed by atoms with Gasteiger partial charge in [-0.25, -0.2) is 9.97 Å². The summed E-state index contributed by atoms with van der Waals surface area (Å²) in [6.45, 7) is 0. The van der Waals surface area contributed by atoms with Crippen LogP contribution in [0.3, 0.4) is 0 Å². The molecule has 0 aliphatic carbocycles. The molecule has 0 saturated carbocycles. The van der Waals surface area contributed by atoms with Crippen LogP contribution >= 0.6 is 43.6 Å². The molecule has 0 amide bonds. The molecule has 0 fully saturated rings. The third-order valence-corrected chi connectivity index (χ3v) is 3.72. The third-order valence-electron chi connectivity index (χ3n) is 1.54. The summed E-state index contributed by atoms with van der Waals surface area (Å²) in [7, 11) is 2.57. The minimum Gasteiger partial charge on any atom is -0.305 e. The number of aromatic nitrogens is 3. The Morgan fingerprint density at radius 2 is 2.25 bits per heavy atom. The molecule has 3 nitrogen and oxygen atoms in total. The first-order valence-corrected chi connectivity index (χ1v) is 5.10. The van der Waals surface area contributed by atoms with E-state index in [2.05, 4.69) is 41.9 Å². The Morgan fingerprint density at radius 3 is 2.92 bits per heavy atom. The highest BCUT2D eigenvalue weighted by atomic mass is 127. The summed E-state index contributed by atoms with van der Waals surface area (Å²) >= 11 is 8.08. The van der Waals surface area contributed by atoms with Crippen LogP contribution in [0.4, 0.5) is 0 Å². The van der Waals surface area contributed by atoms with Crippen LogP contribution in [0.5, 0.6) is 0 Å². The first-order valence-electron chi connectivity index (χ1n) is 3.12. The second kappa shape index (κ2) is 3.09. The standard InChI is InChI=1S/C6H4ClIN3P/c7-5-3-1-4(8)11(12)6(3)10-2-9-5/h1-2H,12H2. The average molecular weight is 311 g/mol. The summed E-state index contributed by atoms with van der Waals surface area (Å²) in [5, 5.41) is 1.39. The summed E-state index contributed by atoms with van der Waals surface area (Å²) in [5.74, 6) is 0. The number of hydrogen-bond donors (Lipinski definition) is 0. The average Bonchev–Trinajstić information content (AvgIpc) is 2.32. The molecule has 0 bridgehead atoms. The fraction of sp³-hybridized carbons (Fsp3) is 0. The van der Waals surface area contributed by atoms with Crippen LogP contribution < -0.4 is 0 Å². The summed E-state index contributed by atoms with van der Waals surface area (Å²) in [6.07, 6.45) is 1.46. The maximum Gasteiger partial charge on any atom is 0.148 e. The Hall–Kier alpha value is 0.0700. The molecule has 1 unspecified atom stereocenters. The molecule has 0 radical (unpaired) electrons. The highest BCUT2D eigenvalue weighted by Gasteiger charge is 2.07. The van der Waals surface area contributed by atoms with Crippen molar-refractivity contribution in [2.24, 2.45) is 0 Å². The van der Waals surface area contributed by atoms with Crippen molar-refractivity contribution >= 4 is 54.6 Å². The lowest BCUT2D eigenvalue weighted by molar-refractivity contribution is 1.17. The molecule has 2 aromatic rings. The van der Waals surface area contributed by atoms with E-state index in [9.17, 15) is 0 Å². The van der Waals surface area contributed by atoms with Gasteiger partial charge in [-0.1, -0.05) is 11.6 Å². The minimum absolute atomic E-state index is 0.499. The predicted molar refractivity (Wildman–Crippen MR) is 60.4 cm³/mol. The van der Waals surface area contributed by atoms with E-state index in [1.54, 1.807) is 0 Å². The molecule has 0 saturated heterocycles. The van der Waals surface area contributed by atoms with Crippen LogP contribution in [0.2, 0.25) is 5.15 Å². The first-order chi connectivity index (χ1) is 5.70. The molecular formula is C6H4ClIN3P. The molecule has 0 aliphatic heterocycles. The van der Waals surface area contributed by atoms with Crippen molar-refractivity contribution in [2.75, 3.05) is 0 Å². The van der Waals surface area contributed by atoms with Gasteiger partial charge in [0.15, 0.2) is 0 Å². The predicted octanol–water partition coefficient (Wildman–Crippen LogP) is 2.33. The van der Waals surface area contributed by atoms with Crippen LogP contribution in [0.1, 0.15) is 0 Å². The molecule has 2 aromatic heterocycles. The SMILES string of the molecule is Pn1c(I)cc2c(Cl)ncnc21. The summed E-state index contributed by atoms with van der Waals surface area (Å²) in [4.78, 5) is 7.99. The van der Waals surface area contributed by atoms with Gasteiger partial charge >= 0.3 is 0 Å². The highest BCUT2D eigenvalue weighted by molar-refractivity contribution is 14.1. The largest absolute Gasteiger partial charge is 0.305 e. The van der Waals surface area contributed by atoms with E-state index in [-0.39, 0.29) is 0 Å². The van der Waals surface area contributed by atoms with Gasteiger partial charge in [-0.05, 0) is 38.0 Å². The molecule has 0 aliphatic rings. The zero-order chi connectivity index (χ0) is 8.72. The molecule has 0 N–H and O–H groups in total. The quantitative estimate of drug-likeness (QED) is 0.425. The Labute approximate surface area is 89.9 Å². The summed E-state index contributed by atoms with van der Waals surface area (Å²) in [5.41, 5.74) is 0.837. The van der Waals surface area contributed by atoms with Crippen LogP contribution in [-0.2, 0) is 0 Å². The van der Waals surface area contributed by atoms with E-state index in [1.807, 2.05) is 10.4 Å². The van der Waals surface area contributed by atoms with E-state index in [0.717, 1.165) is 14.7 Å². The van der Waals surface area contributed by atoms with Crippen molar-refractivity contribution in [3.8, 4) is 0 Å². The number of hydrogen-bond acceptors (Lipinski definition) is 2. The Kier molecular flexibility index (Phi) is 2.23. The monoisotopic (exact) mass is 311 g/mol. The molecule has 0 spiro atoms. The fourth-order valence-electron chi connectivity index (χ4n) is 0.971. The van der Waals surface area contributed by atoms with Gasteiger partial charge in [-0.15, -0.1) is 0 Å². The van der Waals surface area contributed by atoms with Crippen molar-refractivity contribution in [1.82, 2.24) is 14.3 Å². The lowest BCUT2D eigenvalue weighted by Crippen LogP contribution is -1.85. The topological polar surface area (TPSA) is 30.7 Å². The molecule has 1 atom stereocenters. The van der Waals surface area contributed by atoms with Gasteiger partial charge in [0, 0.05) is 0 Å². The van der Waals surface area contributed by atoms with Crippen molar-refractivity contribution in [3.05, 3.63) is 21.2 Å². The smallest absolute Gasteiger partial charge is 0.148 e. The van der Waals surface area contributed by atoms with Gasteiger partial charge in [0.2, 0.25) is 0 Å². The third kappa shape index (κ3) is 1.22. The summed E-state index contributed by atoms with van der Waals surface area (Å²) in [6, 6.07) is 1.95. The Balaban J connectivity index is 2.95. The Morgan fingerprint density at radius 1 is 1.50 bits per heavy atom. The van der Waals surface area contributed by atoms with Crippen LogP contribution in [0, 0.1) is 3.70 Å². The lowest BCUT2D eigenvalue weighted by Gasteiger charge is -1.95. The van der Waals surface area contributed by atoms with Crippen LogP contribution in [0.15, 0.2) is 12.4 Å². The number of nitrogens with zero attached hydrogens (tertiary/aromatic N) is 3. The van der Waals surface area contributed by atoms with E-state index in [4.69, 9.17) is 11.6 Å². The van der Waals surface area contributed by atoms with Gasteiger partial charge in [-0.3, -0.25) is 0 Å². The molecule has 2 heterocycles. The molecule has 0 aromatic carbocycles. The zero-order valence-corrected chi connectivity index (χ0v) is 9.90. The number of rotatable bonds is 0. The van der Waals surface area contributed by atoms with Gasteiger partial charge in [0.05, 0.1) is 9.09 Å². The fourth-order valence-corrected chi connectivity index (χ4v) is 1.97. The van der Waals surface area contributed by atoms with Gasteiger partial charge in [0.25, 0.3) is 0 Å². The highest BCUT2D eigenvalue weighted by Crippen LogP contribution is 2.25. The molecule has 62 valence electrons. The second-order valence-electron chi connectivity index (χ2n) is 2.24. The Bertz CT molecular complexity index is 442. The maximum absolute atomic E-state index is 5.87. The summed E-state index contributed by atoms with van der Waals surface area (Å²) < 4.78 is 2.96. The van der Waals surface area contributed by atoms with Crippen LogP contribution in [-0.4, -0.2) is 14.3 Å². The van der Waals surface area contributed by atoms with E-state index in [0.29, 0.717) is 5.15 Å². The maximum atomic E-state index is 5.87. The zero-order valence-electron chi connectivity index (χ0n) is 5.83. The van der Waals surface area contributed by atoms with Gasteiger partial charge in [-0.2, -0.15) is 0 Å².